The van der Waals surface area contributed by atoms with E-state index in [4.69, 9.17) is 16.2 Å². The van der Waals surface area contributed by atoms with E-state index in [1.54, 1.807) is 31.2 Å². The fourth-order valence-corrected chi connectivity index (χ4v) is 1.45. The van der Waals surface area contributed by atoms with Gasteiger partial charge in [-0.3, -0.25) is 0 Å². The van der Waals surface area contributed by atoms with Crippen molar-refractivity contribution in [2.45, 2.75) is 12.2 Å². The molecule has 0 fully saturated rings. The van der Waals surface area contributed by atoms with Crippen molar-refractivity contribution in [2.24, 2.45) is 0 Å². The van der Waals surface area contributed by atoms with Crippen LogP contribution in [0.1, 0.15) is 17.7 Å². The van der Waals surface area contributed by atoms with Gasteiger partial charge in [-0.05, 0) is 24.6 Å². The molecule has 0 radical (unpaired) electrons. The van der Waals surface area contributed by atoms with Crippen molar-refractivity contribution >= 4 is 22.7 Å². The van der Waals surface area contributed by atoms with E-state index in [-0.39, 0.29) is 5.25 Å². The highest BCUT2D eigenvalue weighted by Crippen LogP contribution is 2.20. The van der Waals surface area contributed by atoms with Crippen LogP contribution in [0.3, 0.4) is 0 Å². The lowest BCUT2D eigenvalue weighted by atomic mass is 10.2. The van der Waals surface area contributed by atoms with E-state index in [1.807, 2.05) is 0 Å². The number of halogens is 1. The summed E-state index contributed by atoms with van der Waals surface area (Å²) in [6.07, 6.45) is 0. The Morgan fingerprint density at radius 2 is 2.25 bits per heavy atom. The zero-order chi connectivity index (χ0) is 9.14. The summed E-state index contributed by atoms with van der Waals surface area (Å²) >= 11 is 3.88. The molecule has 2 atom stereocenters. The van der Waals surface area contributed by atoms with Crippen LogP contribution in [0.15, 0.2) is 24.3 Å². The van der Waals surface area contributed by atoms with Crippen molar-refractivity contribution in [1.82, 2.24) is 0 Å². The molecule has 0 heterocycles. The molecule has 0 aliphatic heterocycles. The van der Waals surface area contributed by atoms with Crippen molar-refractivity contribution in [3.63, 3.8) is 0 Å². The molecule has 0 amide bonds. The second kappa shape index (κ2) is 4.03. The quantitative estimate of drug-likeness (QED) is 0.752. The van der Waals surface area contributed by atoms with Gasteiger partial charge in [0, 0.05) is 5.02 Å². The van der Waals surface area contributed by atoms with Gasteiger partial charge in [-0.1, -0.05) is 23.7 Å². The van der Waals surface area contributed by atoms with E-state index in [2.05, 4.69) is 0 Å². The molecule has 0 aromatic heterocycles. The van der Waals surface area contributed by atoms with Crippen LogP contribution < -0.4 is 0 Å². The molecule has 66 valence electrons. The summed E-state index contributed by atoms with van der Waals surface area (Å²) in [6, 6.07) is 6.98. The first kappa shape index (κ1) is 9.71. The van der Waals surface area contributed by atoms with E-state index in [9.17, 15) is 4.21 Å². The lowest BCUT2D eigenvalue weighted by Gasteiger charge is -2.06. The monoisotopic (exact) mass is 204 g/mol. The number of hydrogen-bond acceptors (Lipinski definition) is 1. The molecule has 12 heavy (non-hydrogen) atoms. The zero-order valence-electron chi connectivity index (χ0n) is 6.53. The van der Waals surface area contributed by atoms with Gasteiger partial charge in [0.25, 0.3) is 0 Å². The number of rotatable bonds is 2. The molecule has 0 aliphatic carbocycles. The molecule has 1 N–H and O–H groups in total. The van der Waals surface area contributed by atoms with Gasteiger partial charge in [0.15, 0.2) is 11.1 Å². The zero-order valence-corrected chi connectivity index (χ0v) is 8.10. The van der Waals surface area contributed by atoms with Crippen molar-refractivity contribution in [3.05, 3.63) is 34.9 Å². The van der Waals surface area contributed by atoms with E-state index >= 15 is 0 Å². The normalized spacial score (nSPS) is 15.6. The highest BCUT2D eigenvalue weighted by Gasteiger charge is 2.10. The molecule has 0 bridgehead atoms. The minimum atomic E-state index is -1.83. The van der Waals surface area contributed by atoms with E-state index in [0.717, 1.165) is 5.56 Å². The van der Waals surface area contributed by atoms with Crippen LogP contribution in [-0.4, -0.2) is 8.76 Å². The highest BCUT2D eigenvalue weighted by molar-refractivity contribution is 7.79. The molecule has 0 spiro atoms. The Labute approximate surface area is 78.8 Å². The minimum Gasteiger partial charge on any atom is -0.306 e. The van der Waals surface area contributed by atoms with Crippen molar-refractivity contribution in [2.75, 3.05) is 0 Å². The standard InChI is InChI=1S/C8H9ClO2S/c1-6(12(10)11)7-3-2-4-8(9)5-7/h2-6H,1H3,(H,10,11). The van der Waals surface area contributed by atoms with Crippen molar-refractivity contribution in [1.29, 1.82) is 0 Å². The van der Waals surface area contributed by atoms with Crippen molar-refractivity contribution in [3.8, 4) is 0 Å². The molecular weight excluding hydrogens is 196 g/mol. The summed E-state index contributed by atoms with van der Waals surface area (Å²) in [5, 5.41) is 0.202. The fraction of sp³-hybridized carbons (Fsp3) is 0.250. The van der Waals surface area contributed by atoms with Gasteiger partial charge in [0.05, 0.1) is 5.25 Å². The minimum absolute atomic E-state index is 0.385. The summed E-state index contributed by atoms with van der Waals surface area (Å²) in [7, 11) is 0. The molecule has 0 saturated heterocycles. The number of benzene rings is 1. The topological polar surface area (TPSA) is 37.3 Å². The maximum atomic E-state index is 10.7. The lowest BCUT2D eigenvalue weighted by molar-refractivity contribution is 0.554. The maximum absolute atomic E-state index is 10.7. The summed E-state index contributed by atoms with van der Waals surface area (Å²) in [5.41, 5.74) is 0.781. The Balaban J connectivity index is 2.95. The second-order valence-electron chi connectivity index (χ2n) is 2.47. The molecule has 1 aromatic rings. The highest BCUT2D eigenvalue weighted by atomic mass is 35.5. The molecule has 0 aliphatic rings. The van der Waals surface area contributed by atoms with Crippen LogP contribution in [0, 0.1) is 0 Å². The van der Waals surface area contributed by atoms with Gasteiger partial charge in [0.1, 0.15) is 0 Å². The predicted octanol–water partition coefficient (Wildman–Crippen LogP) is 2.62. The second-order valence-corrected chi connectivity index (χ2v) is 4.17. The van der Waals surface area contributed by atoms with Crippen LogP contribution in [0.4, 0.5) is 0 Å². The van der Waals surface area contributed by atoms with Crippen LogP contribution >= 0.6 is 11.6 Å². The summed E-state index contributed by atoms with van der Waals surface area (Å²) < 4.78 is 19.5. The average molecular weight is 205 g/mol. The largest absolute Gasteiger partial charge is 0.306 e. The Kier molecular flexibility index (Phi) is 3.26. The molecule has 2 unspecified atom stereocenters. The van der Waals surface area contributed by atoms with Gasteiger partial charge < -0.3 is 4.55 Å². The van der Waals surface area contributed by atoms with Gasteiger partial charge in [-0.25, -0.2) is 4.21 Å². The Hall–Kier alpha value is -0.380. The fourth-order valence-electron chi connectivity index (χ4n) is 0.876. The third-order valence-corrected chi connectivity index (χ3v) is 2.73. The van der Waals surface area contributed by atoms with E-state index in [1.165, 1.54) is 0 Å². The SMILES string of the molecule is CC(c1cccc(Cl)c1)S(=O)O. The van der Waals surface area contributed by atoms with Crippen LogP contribution in [0.25, 0.3) is 0 Å². The van der Waals surface area contributed by atoms with Gasteiger partial charge >= 0.3 is 0 Å². The Morgan fingerprint density at radius 1 is 1.58 bits per heavy atom. The molecule has 1 rings (SSSR count). The Bertz CT molecular complexity index is 301. The molecule has 0 saturated carbocycles. The van der Waals surface area contributed by atoms with Crippen LogP contribution in [0.5, 0.6) is 0 Å². The Morgan fingerprint density at radius 3 is 2.75 bits per heavy atom. The molecular formula is C8H9ClO2S. The van der Waals surface area contributed by atoms with Gasteiger partial charge in [-0.2, -0.15) is 0 Å². The van der Waals surface area contributed by atoms with Crippen LogP contribution in [-0.2, 0) is 11.1 Å². The summed E-state index contributed by atoms with van der Waals surface area (Å²) in [5.74, 6) is 0. The number of hydrogen-bond donors (Lipinski definition) is 1. The lowest BCUT2D eigenvalue weighted by Crippen LogP contribution is -2.00. The van der Waals surface area contributed by atoms with Gasteiger partial charge in [-0.15, -0.1) is 0 Å². The van der Waals surface area contributed by atoms with Gasteiger partial charge in [0.2, 0.25) is 0 Å². The molecule has 1 aromatic carbocycles. The van der Waals surface area contributed by atoms with E-state index < -0.39 is 11.1 Å². The van der Waals surface area contributed by atoms with Crippen molar-refractivity contribution < 1.29 is 8.76 Å². The first-order valence-electron chi connectivity index (χ1n) is 3.46. The predicted molar refractivity (Wildman–Crippen MR) is 50.6 cm³/mol. The third-order valence-electron chi connectivity index (χ3n) is 1.62. The third kappa shape index (κ3) is 2.30. The summed E-state index contributed by atoms with van der Waals surface area (Å²) in [4.78, 5) is 0. The summed E-state index contributed by atoms with van der Waals surface area (Å²) in [6.45, 7) is 1.68. The molecule has 2 nitrogen and oxygen atoms in total. The molecule has 4 heteroatoms. The first-order valence-corrected chi connectivity index (χ1v) is 5.01. The first-order chi connectivity index (χ1) is 5.61. The van der Waals surface area contributed by atoms with Crippen LogP contribution in [0.2, 0.25) is 5.02 Å². The smallest absolute Gasteiger partial charge is 0.160 e. The maximum Gasteiger partial charge on any atom is 0.160 e. The van der Waals surface area contributed by atoms with E-state index in [0.29, 0.717) is 5.02 Å². The average Bonchev–Trinajstić information content (AvgIpc) is 2.03.